The van der Waals surface area contributed by atoms with Crippen LogP contribution in [0.1, 0.15) is 16.5 Å². The maximum Gasteiger partial charge on any atom is 0.261 e. The fraction of sp³-hybridized carbons (Fsp3) is 0.136. The average molecular weight is 443 g/mol. The van der Waals surface area contributed by atoms with E-state index >= 15 is 0 Å². The third-order valence-corrected chi connectivity index (χ3v) is 7.34. The first-order valence-electron chi connectivity index (χ1n) is 9.23. The van der Waals surface area contributed by atoms with Crippen LogP contribution in [0, 0.1) is 12.7 Å². The summed E-state index contributed by atoms with van der Waals surface area (Å²) in [6.45, 7) is 1.88. The number of benzene rings is 3. The van der Waals surface area contributed by atoms with Crippen molar-refractivity contribution in [1.29, 1.82) is 0 Å². The van der Waals surface area contributed by atoms with Gasteiger partial charge in [0.2, 0.25) is 5.91 Å². The highest BCUT2D eigenvalue weighted by molar-refractivity contribution is 8.00. The summed E-state index contributed by atoms with van der Waals surface area (Å²) >= 11 is 1.37. The van der Waals surface area contributed by atoms with Gasteiger partial charge in [0.25, 0.3) is 10.0 Å². The van der Waals surface area contributed by atoms with E-state index in [2.05, 4.69) is 4.72 Å². The zero-order chi connectivity index (χ0) is 21.3. The van der Waals surface area contributed by atoms with Crippen molar-refractivity contribution in [2.24, 2.45) is 0 Å². The number of thioether (sulfide) groups is 1. The van der Waals surface area contributed by atoms with E-state index in [-0.39, 0.29) is 22.2 Å². The van der Waals surface area contributed by atoms with Crippen molar-refractivity contribution in [3.8, 4) is 0 Å². The molecule has 3 aromatic carbocycles. The molecule has 4 rings (SSSR count). The Balaban J connectivity index is 1.64. The second kappa shape index (κ2) is 8.12. The predicted octanol–water partition coefficient (Wildman–Crippen LogP) is 4.71. The number of aryl methyl sites for hydroxylation is 1. The molecule has 1 saturated heterocycles. The van der Waals surface area contributed by atoms with Crippen molar-refractivity contribution in [3.63, 3.8) is 0 Å². The van der Waals surface area contributed by atoms with Crippen LogP contribution in [0.4, 0.5) is 15.8 Å². The molecule has 0 radical (unpaired) electrons. The minimum Gasteiger partial charge on any atom is -0.292 e. The molecule has 0 saturated carbocycles. The van der Waals surface area contributed by atoms with Crippen LogP contribution in [0.15, 0.2) is 77.7 Å². The Hall–Kier alpha value is -2.84. The first kappa shape index (κ1) is 20.4. The number of hydrogen-bond acceptors (Lipinski definition) is 4. The van der Waals surface area contributed by atoms with E-state index in [0.29, 0.717) is 11.3 Å². The molecule has 0 aromatic heterocycles. The van der Waals surface area contributed by atoms with Crippen LogP contribution in [0.3, 0.4) is 0 Å². The molecule has 3 aromatic rings. The van der Waals surface area contributed by atoms with Gasteiger partial charge in [-0.3, -0.25) is 14.4 Å². The lowest BCUT2D eigenvalue weighted by atomic mass is 10.1. The van der Waals surface area contributed by atoms with Crippen molar-refractivity contribution >= 4 is 39.1 Å². The molecule has 8 heteroatoms. The topological polar surface area (TPSA) is 66.5 Å². The summed E-state index contributed by atoms with van der Waals surface area (Å²) in [6, 6.07) is 19.5. The molecule has 1 N–H and O–H groups in total. The van der Waals surface area contributed by atoms with Gasteiger partial charge in [-0.1, -0.05) is 42.0 Å². The quantitative estimate of drug-likeness (QED) is 0.621. The number of carbonyl (C=O) groups is 1. The van der Waals surface area contributed by atoms with E-state index in [0.717, 1.165) is 5.56 Å². The molecule has 1 amide bonds. The summed E-state index contributed by atoms with van der Waals surface area (Å²) in [5.74, 6) is -0.450. The van der Waals surface area contributed by atoms with Crippen LogP contribution in [-0.4, -0.2) is 20.1 Å². The molecule has 1 aliphatic rings. The minimum atomic E-state index is -3.75. The third-order valence-electron chi connectivity index (χ3n) is 4.74. The van der Waals surface area contributed by atoms with E-state index in [1.54, 1.807) is 66.7 Å². The fourth-order valence-corrected chi connectivity index (χ4v) is 5.47. The standard InChI is InChI=1S/C22H19FN2O3S2/c1-15-9-11-18(12-10-15)30(27,28)24-17-6-4-5-16(13-17)22-25(21(26)14-29-22)20-8-3-2-7-19(20)23/h2-13,22,24H,14H2,1H3/t22-/m1/s1. The highest BCUT2D eigenvalue weighted by Crippen LogP contribution is 2.43. The minimum absolute atomic E-state index is 0.164. The molecule has 0 unspecified atom stereocenters. The maximum atomic E-state index is 14.3. The number of halogens is 1. The Bertz CT molecular complexity index is 1200. The van der Waals surface area contributed by atoms with Crippen molar-refractivity contribution in [2.75, 3.05) is 15.4 Å². The van der Waals surface area contributed by atoms with Crippen LogP contribution in [0.5, 0.6) is 0 Å². The Morgan fingerprint density at radius 3 is 2.50 bits per heavy atom. The molecule has 1 heterocycles. The van der Waals surface area contributed by atoms with E-state index in [4.69, 9.17) is 0 Å². The van der Waals surface area contributed by atoms with Gasteiger partial charge in [-0.25, -0.2) is 12.8 Å². The monoisotopic (exact) mass is 442 g/mol. The van der Waals surface area contributed by atoms with E-state index in [1.165, 1.54) is 22.7 Å². The lowest BCUT2D eigenvalue weighted by Gasteiger charge is -2.25. The summed E-state index contributed by atoms with van der Waals surface area (Å²) in [6.07, 6.45) is 0. The highest BCUT2D eigenvalue weighted by atomic mass is 32.2. The predicted molar refractivity (Wildman–Crippen MR) is 118 cm³/mol. The summed E-state index contributed by atoms with van der Waals surface area (Å²) in [4.78, 5) is 14.1. The average Bonchev–Trinajstić information content (AvgIpc) is 3.10. The number of hydrogen-bond donors (Lipinski definition) is 1. The van der Waals surface area contributed by atoms with Crippen LogP contribution in [0.25, 0.3) is 0 Å². The Morgan fingerprint density at radius 1 is 1.03 bits per heavy atom. The maximum absolute atomic E-state index is 14.3. The van der Waals surface area contributed by atoms with Gasteiger partial charge in [-0.15, -0.1) is 11.8 Å². The van der Waals surface area contributed by atoms with Gasteiger partial charge in [0.15, 0.2) is 0 Å². The molecule has 1 atom stereocenters. The lowest BCUT2D eigenvalue weighted by Crippen LogP contribution is -2.28. The molecule has 1 fully saturated rings. The highest BCUT2D eigenvalue weighted by Gasteiger charge is 2.35. The molecule has 1 aliphatic heterocycles. The van der Waals surface area contributed by atoms with E-state index in [9.17, 15) is 17.6 Å². The van der Waals surface area contributed by atoms with Crippen molar-refractivity contribution in [1.82, 2.24) is 0 Å². The Morgan fingerprint density at radius 2 is 1.77 bits per heavy atom. The van der Waals surface area contributed by atoms with Crippen LogP contribution < -0.4 is 9.62 Å². The smallest absolute Gasteiger partial charge is 0.261 e. The van der Waals surface area contributed by atoms with Crippen LogP contribution >= 0.6 is 11.8 Å². The van der Waals surface area contributed by atoms with Gasteiger partial charge in [-0.2, -0.15) is 0 Å². The number of nitrogens with zero attached hydrogens (tertiary/aromatic N) is 1. The molecular formula is C22H19FN2O3S2. The van der Waals surface area contributed by atoms with Crippen molar-refractivity contribution < 1.29 is 17.6 Å². The molecule has 0 bridgehead atoms. The van der Waals surface area contributed by atoms with Gasteiger partial charge in [0, 0.05) is 5.69 Å². The van der Waals surface area contributed by atoms with Gasteiger partial charge in [0.05, 0.1) is 16.3 Å². The summed E-state index contributed by atoms with van der Waals surface area (Å²) < 4.78 is 42.3. The molecule has 30 heavy (non-hydrogen) atoms. The van der Waals surface area contributed by atoms with Crippen LogP contribution in [0.2, 0.25) is 0 Å². The van der Waals surface area contributed by atoms with E-state index in [1.807, 2.05) is 6.92 Å². The van der Waals surface area contributed by atoms with Crippen molar-refractivity contribution in [2.45, 2.75) is 17.2 Å². The lowest BCUT2D eigenvalue weighted by molar-refractivity contribution is -0.115. The van der Waals surface area contributed by atoms with Gasteiger partial charge < -0.3 is 0 Å². The Kier molecular flexibility index (Phi) is 5.53. The molecule has 0 spiro atoms. The summed E-state index contributed by atoms with van der Waals surface area (Å²) in [5.41, 5.74) is 2.26. The largest absolute Gasteiger partial charge is 0.292 e. The van der Waals surface area contributed by atoms with Gasteiger partial charge >= 0.3 is 0 Å². The van der Waals surface area contributed by atoms with Gasteiger partial charge in [-0.05, 0) is 48.9 Å². The first-order valence-corrected chi connectivity index (χ1v) is 11.8. The molecular weight excluding hydrogens is 423 g/mol. The summed E-state index contributed by atoms with van der Waals surface area (Å²) in [5, 5.41) is -0.446. The van der Waals surface area contributed by atoms with Crippen molar-refractivity contribution in [3.05, 3.63) is 89.7 Å². The Labute approximate surface area is 179 Å². The fourth-order valence-electron chi connectivity index (χ4n) is 3.27. The second-order valence-corrected chi connectivity index (χ2v) is 9.67. The number of carbonyl (C=O) groups excluding carboxylic acids is 1. The molecule has 5 nitrogen and oxygen atoms in total. The number of amides is 1. The zero-order valence-corrected chi connectivity index (χ0v) is 17.7. The van der Waals surface area contributed by atoms with Crippen LogP contribution in [-0.2, 0) is 14.8 Å². The number of nitrogens with one attached hydrogen (secondary N) is 1. The van der Waals surface area contributed by atoms with E-state index < -0.39 is 21.2 Å². The molecule has 154 valence electrons. The summed E-state index contributed by atoms with van der Waals surface area (Å²) in [7, 11) is -3.75. The number of sulfonamides is 1. The third kappa shape index (κ3) is 4.06. The number of rotatable bonds is 5. The normalized spacial score (nSPS) is 16.7. The number of para-hydroxylation sites is 1. The SMILES string of the molecule is Cc1ccc(S(=O)(=O)Nc2cccc([C@H]3SCC(=O)N3c3ccccc3F)c2)cc1. The first-order chi connectivity index (χ1) is 14.3. The number of anilines is 2. The molecule has 0 aliphatic carbocycles. The second-order valence-electron chi connectivity index (χ2n) is 6.92. The van der Waals surface area contributed by atoms with Gasteiger partial charge in [0.1, 0.15) is 11.2 Å². The zero-order valence-electron chi connectivity index (χ0n) is 16.1.